The maximum absolute atomic E-state index is 10.5. The van der Waals surface area contributed by atoms with Crippen molar-refractivity contribution < 1.29 is 44.3 Å². The molecule has 0 aliphatic carbocycles. The minimum absolute atomic E-state index is 0.0245. The van der Waals surface area contributed by atoms with Gasteiger partial charge in [-0.15, -0.1) is 0 Å². The number of alkyl halides is 3. The second-order valence-electron chi connectivity index (χ2n) is 4.81. The van der Waals surface area contributed by atoms with Gasteiger partial charge in [-0.1, -0.05) is 35.1 Å². The van der Waals surface area contributed by atoms with E-state index in [2.05, 4.69) is 53.9 Å². The Hall–Kier alpha value is -1.58. The molecule has 3 aromatic rings. The third-order valence-corrected chi connectivity index (χ3v) is 7.36. The van der Waals surface area contributed by atoms with Crippen molar-refractivity contribution in [2.45, 2.75) is 6.18 Å². The first-order valence-electron chi connectivity index (χ1n) is 7.08. The molecule has 0 fully saturated rings. The first-order chi connectivity index (χ1) is 12.3. The maximum Gasteiger partial charge on any atom is 0.430 e. The Morgan fingerprint density at radius 3 is 1.88 bits per heavy atom. The van der Waals surface area contributed by atoms with E-state index < -0.39 is 12.1 Å². The summed E-state index contributed by atoms with van der Waals surface area (Å²) in [5.41, 5.74) is 2.46. The number of hydrogen-bond donors (Lipinski definition) is 0. The van der Waals surface area contributed by atoms with Gasteiger partial charge in [-0.2, -0.15) is 13.2 Å². The van der Waals surface area contributed by atoms with Crippen molar-refractivity contribution in [3.05, 3.63) is 77.5 Å². The highest BCUT2D eigenvalue weighted by Gasteiger charge is 2.28. The summed E-state index contributed by atoms with van der Waals surface area (Å²) in [6.45, 7) is 0. The lowest BCUT2D eigenvalue weighted by molar-refractivity contribution is -0.591. The summed E-state index contributed by atoms with van der Waals surface area (Å²) in [4.78, 5) is 8.78. The minimum Gasteiger partial charge on any atom is -0.542 e. The molecule has 0 saturated heterocycles. The molecule has 0 N–H and O–H groups in total. The minimum atomic E-state index is -5.19. The number of carboxylic acids is 1. The van der Waals surface area contributed by atoms with Gasteiger partial charge in [0, 0.05) is 11.1 Å². The maximum atomic E-state index is 10.5. The van der Waals surface area contributed by atoms with Crippen molar-refractivity contribution in [2.75, 3.05) is 0 Å². The number of carbonyl (C=O) groups excluding carboxylic acids is 1. The molecule has 136 valence electrons. The number of carboxylic acid groups (broad SMARTS) is 1. The molecule has 3 rings (SSSR count). The van der Waals surface area contributed by atoms with Gasteiger partial charge in [-0.05, 0) is 59.0 Å². The molecular weight excluding hydrogens is 500 g/mol. The third-order valence-electron chi connectivity index (χ3n) is 2.94. The highest BCUT2D eigenvalue weighted by Crippen LogP contribution is 2.20. The zero-order chi connectivity index (χ0) is 19.2. The Balaban J connectivity index is 0.000000298. The first kappa shape index (κ1) is 20.7. The summed E-state index contributed by atoms with van der Waals surface area (Å²) < 4.78 is 34.5. The van der Waals surface area contributed by atoms with E-state index in [1.807, 2.05) is 23.5 Å². The lowest BCUT2D eigenvalue weighted by Gasteiger charge is -2.03. The van der Waals surface area contributed by atoms with Crippen molar-refractivity contribution in [1.82, 2.24) is 0 Å². The number of thiophene rings is 1. The molecule has 0 amide bonds. The van der Waals surface area contributed by atoms with E-state index in [0.29, 0.717) is 0 Å². The van der Waals surface area contributed by atoms with Crippen LogP contribution in [0.3, 0.4) is 0 Å². The number of carbonyl (C=O) groups is 1. The van der Waals surface area contributed by atoms with Crippen LogP contribution in [0.2, 0.25) is 5.02 Å². The normalized spacial score (nSPS) is 10.8. The van der Waals surface area contributed by atoms with Crippen molar-refractivity contribution in [2.24, 2.45) is 0 Å². The topological polar surface area (TPSA) is 40.1 Å². The predicted octanol–water partition coefficient (Wildman–Crippen LogP) is 1.50. The quantitative estimate of drug-likeness (QED) is 0.501. The highest BCUT2D eigenvalue weighted by molar-refractivity contribution is 7.07. The molecule has 0 atom stereocenters. The van der Waals surface area contributed by atoms with Crippen LogP contribution in [0.15, 0.2) is 66.0 Å². The Morgan fingerprint density at radius 1 is 0.962 bits per heavy atom. The lowest BCUT2D eigenvalue weighted by Crippen LogP contribution is -3.61. The molecule has 1 heterocycles. The average Bonchev–Trinajstić information content (AvgIpc) is 3.09. The van der Waals surface area contributed by atoms with Crippen LogP contribution in [0.25, 0.3) is 11.1 Å². The first-order valence-corrected chi connectivity index (χ1v) is 10.5. The number of rotatable bonds is 3. The fourth-order valence-electron chi connectivity index (χ4n) is 1.77. The van der Waals surface area contributed by atoms with Gasteiger partial charge in [0.05, 0.1) is 0 Å². The molecule has 26 heavy (non-hydrogen) atoms. The highest BCUT2D eigenvalue weighted by atomic mass is 127. The van der Waals surface area contributed by atoms with Gasteiger partial charge in [0.15, 0.2) is 3.57 Å². The van der Waals surface area contributed by atoms with E-state index in [0.717, 1.165) is 5.02 Å². The van der Waals surface area contributed by atoms with Crippen LogP contribution in [0.5, 0.6) is 0 Å². The number of aliphatic carboxylic acids is 1. The second kappa shape index (κ2) is 9.38. The smallest absolute Gasteiger partial charge is 0.430 e. The van der Waals surface area contributed by atoms with Crippen molar-refractivity contribution >= 4 is 28.9 Å². The van der Waals surface area contributed by atoms with Gasteiger partial charge in [0.25, 0.3) is 0 Å². The summed E-state index contributed by atoms with van der Waals surface area (Å²) in [6.07, 6.45) is -5.19. The van der Waals surface area contributed by atoms with Gasteiger partial charge < -0.3 is 9.90 Å². The molecule has 0 spiro atoms. The van der Waals surface area contributed by atoms with Crippen molar-refractivity contribution in [3.8, 4) is 11.1 Å². The number of benzene rings is 2. The van der Waals surface area contributed by atoms with Crippen LogP contribution in [0, 0.1) is 6.45 Å². The summed E-state index contributed by atoms with van der Waals surface area (Å²) in [5, 5.41) is 11.7. The number of halogens is 5. The van der Waals surface area contributed by atoms with Crippen molar-refractivity contribution in [3.63, 3.8) is 0 Å². The van der Waals surface area contributed by atoms with Gasteiger partial charge in [-0.25, -0.2) is 0 Å². The van der Waals surface area contributed by atoms with Gasteiger partial charge in [-0.3, -0.25) is 0 Å². The SMILES string of the molecule is Clc1ccc(-c2ccc([I+]c3cccs3)cc2)cc1.O=C([O-])C(F)(F)F. The molecule has 0 unspecified atom stereocenters. The Bertz CT molecular complexity index is 832. The predicted molar refractivity (Wildman–Crippen MR) is 89.7 cm³/mol. The van der Waals surface area contributed by atoms with E-state index in [-0.39, 0.29) is 21.2 Å². The molecule has 8 heteroatoms. The molecule has 2 nitrogen and oxygen atoms in total. The lowest BCUT2D eigenvalue weighted by atomic mass is 10.1. The molecule has 0 aliphatic heterocycles. The van der Waals surface area contributed by atoms with Gasteiger partial charge in [0.2, 0.25) is 2.88 Å². The third kappa shape index (κ3) is 6.62. The molecule has 1 aromatic heterocycles. The fraction of sp³-hybridized carbons (Fsp3) is 0.0556. The Labute approximate surface area is 167 Å². The monoisotopic (exact) mass is 510 g/mol. The zero-order valence-electron chi connectivity index (χ0n) is 13.0. The Morgan fingerprint density at radius 2 is 1.46 bits per heavy atom. The second-order valence-corrected chi connectivity index (χ2v) is 9.87. The molecule has 2 aromatic carbocycles. The fourth-order valence-corrected chi connectivity index (χ4v) is 5.52. The van der Waals surface area contributed by atoms with Crippen LogP contribution >= 0.6 is 22.9 Å². The van der Waals surface area contributed by atoms with E-state index in [1.54, 1.807) is 0 Å². The van der Waals surface area contributed by atoms with Crippen LogP contribution in [-0.4, -0.2) is 12.1 Å². The van der Waals surface area contributed by atoms with E-state index >= 15 is 0 Å². The summed E-state index contributed by atoms with van der Waals surface area (Å²) in [7, 11) is 0. The summed E-state index contributed by atoms with van der Waals surface area (Å²) >= 11 is 7.74. The van der Waals surface area contributed by atoms with Crippen LogP contribution in [-0.2, 0) is 4.79 Å². The number of hydrogen-bond acceptors (Lipinski definition) is 3. The molecule has 0 radical (unpaired) electrons. The van der Waals surface area contributed by atoms with Crippen LogP contribution in [0.1, 0.15) is 0 Å². The molecule has 0 aliphatic rings. The summed E-state index contributed by atoms with van der Waals surface area (Å²) in [6, 6.07) is 21.2. The molecule has 0 bridgehead atoms. The average molecular weight is 511 g/mol. The summed E-state index contributed by atoms with van der Waals surface area (Å²) in [5.74, 6) is -3.01. The van der Waals surface area contributed by atoms with Gasteiger partial charge in [0.1, 0.15) is 5.97 Å². The molecular formula is C18H11ClF3IO2S. The van der Waals surface area contributed by atoms with E-state index in [9.17, 15) is 13.2 Å². The standard InChI is InChI=1S/C16H11ClIS.C2HF3O2/c17-14-7-3-12(4-8-14)13-5-9-15(10-6-13)18-16-2-1-11-19-16;3-2(4,5)1(6)7/h1-11H;(H,6,7)/q+1;/p-1. The molecule has 0 saturated carbocycles. The van der Waals surface area contributed by atoms with Crippen LogP contribution < -0.4 is 26.3 Å². The van der Waals surface area contributed by atoms with Crippen LogP contribution in [0.4, 0.5) is 13.2 Å². The van der Waals surface area contributed by atoms with Crippen molar-refractivity contribution in [1.29, 1.82) is 0 Å². The Kier molecular flexibility index (Phi) is 7.48. The van der Waals surface area contributed by atoms with E-state index in [4.69, 9.17) is 21.5 Å². The van der Waals surface area contributed by atoms with Gasteiger partial charge >= 0.3 is 27.4 Å². The largest absolute Gasteiger partial charge is 0.542 e. The zero-order valence-corrected chi connectivity index (χ0v) is 16.7. The van der Waals surface area contributed by atoms with E-state index in [1.165, 1.54) is 17.6 Å².